The summed E-state index contributed by atoms with van der Waals surface area (Å²) in [4.78, 5) is 8.82. The molecule has 0 aliphatic heterocycles. The van der Waals surface area contributed by atoms with Crippen molar-refractivity contribution in [1.29, 1.82) is 0 Å². The Balaban J connectivity index is 2.62. The summed E-state index contributed by atoms with van der Waals surface area (Å²) in [5.41, 5.74) is 2.04. The van der Waals surface area contributed by atoms with E-state index in [0.717, 1.165) is 17.8 Å². The fourth-order valence-electron chi connectivity index (χ4n) is 2.04. The molecular weight excluding hydrogens is 186 g/mol. The Morgan fingerprint density at radius 1 is 1.00 bits per heavy atom. The van der Waals surface area contributed by atoms with Gasteiger partial charge in [0.15, 0.2) is 0 Å². The molecule has 74 valence electrons. The van der Waals surface area contributed by atoms with Crippen LogP contribution in [-0.4, -0.2) is 14.5 Å². The molecule has 0 aliphatic carbocycles. The minimum atomic E-state index is 0.897. The maximum atomic E-state index is 4.41. The van der Waals surface area contributed by atoms with Crippen molar-refractivity contribution >= 4 is 22.1 Å². The summed E-state index contributed by atoms with van der Waals surface area (Å²) in [6.07, 6.45) is 3.65. The fourth-order valence-corrected chi connectivity index (χ4v) is 2.04. The molecule has 3 aromatic rings. The zero-order chi connectivity index (χ0) is 10.3. The second kappa shape index (κ2) is 3.05. The minimum Gasteiger partial charge on any atom is -0.310 e. The van der Waals surface area contributed by atoms with Crippen molar-refractivity contribution in [2.45, 2.75) is 13.5 Å². The van der Waals surface area contributed by atoms with Crippen molar-refractivity contribution in [3.05, 3.63) is 36.7 Å². The number of rotatable bonds is 1. The van der Waals surface area contributed by atoms with Crippen LogP contribution in [0.1, 0.15) is 6.92 Å². The van der Waals surface area contributed by atoms with Gasteiger partial charge in [0.25, 0.3) is 0 Å². The summed E-state index contributed by atoms with van der Waals surface area (Å²) in [5, 5.41) is 2.37. The number of aryl methyl sites for hydroxylation is 1. The third kappa shape index (κ3) is 1.06. The second-order valence-corrected chi connectivity index (χ2v) is 3.49. The van der Waals surface area contributed by atoms with E-state index < -0.39 is 0 Å². The molecule has 0 radical (unpaired) electrons. The lowest BCUT2D eigenvalue weighted by molar-refractivity contribution is 0.806. The van der Waals surface area contributed by atoms with E-state index in [2.05, 4.69) is 33.6 Å². The number of aromatic nitrogens is 3. The first kappa shape index (κ1) is 8.41. The molecule has 3 nitrogen and oxygen atoms in total. The summed E-state index contributed by atoms with van der Waals surface area (Å²) in [7, 11) is 0. The summed E-state index contributed by atoms with van der Waals surface area (Å²) >= 11 is 0. The van der Waals surface area contributed by atoms with Gasteiger partial charge in [-0.2, -0.15) is 0 Å². The van der Waals surface area contributed by atoms with Gasteiger partial charge in [-0.3, -0.25) is 0 Å². The van der Waals surface area contributed by atoms with E-state index in [1.165, 1.54) is 10.8 Å². The highest BCUT2D eigenvalue weighted by Gasteiger charge is 2.09. The normalized spacial score (nSPS) is 11.3. The van der Waals surface area contributed by atoms with Crippen molar-refractivity contribution < 1.29 is 0 Å². The van der Waals surface area contributed by atoms with E-state index in [4.69, 9.17) is 0 Å². The Morgan fingerprint density at radius 2 is 1.53 bits per heavy atom. The van der Waals surface area contributed by atoms with Crippen LogP contribution in [0.3, 0.4) is 0 Å². The smallest absolute Gasteiger partial charge is 0.142 e. The molecule has 0 saturated carbocycles. The molecule has 3 rings (SSSR count). The van der Waals surface area contributed by atoms with Gasteiger partial charge in [-0.1, -0.05) is 0 Å². The Kier molecular flexibility index (Phi) is 1.71. The molecule has 0 aromatic carbocycles. The van der Waals surface area contributed by atoms with Gasteiger partial charge < -0.3 is 4.57 Å². The summed E-state index contributed by atoms with van der Waals surface area (Å²) in [6.45, 7) is 3.01. The summed E-state index contributed by atoms with van der Waals surface area (Å²) in [6, 6.07) is 8.13. The second-order valence-electron chi connectivity index (χ2n) is 3.49. The highest BCUT2D eigenvalue weighted by molar-refractivity contribution is 6.04. The van der Waals surface area contributed by atoms with E-state index in [9.17, 15) is 0 Å². The van der Waals surface area contributed by atoms with Crippen molar-refractivity contribution in [1.82, 2.24) is 14.5 Å². The maximum Gasteiger partial charge on any atom is 0.142 e. The fraction of sp³-hybridized carbons (Fsp3) is 0.167. The van der Waals surface area contributed by atoms with Crippen LogP contribution in [-0.2, 0) is 6.54 Å². The van der Waals surface area contributed by atoms with Crippen LogP contribution in [0, 0.1) is 0 Å². The first-order valence-electron chi connectivity index (χ1n) is 5.09. The van der Waals surface area contributed by atoms with E-state index in [1.54, 1.807) is 0 Å². The zero-order valence-electron chi connectivity index (χ0n) is 8.51. The van der Waals surface area contributed by atoms with Crippen LogP contribution in [0.15, 0.2) is 36.7 Å². The third-order valence-electron chi connectivity index (χ3n) is 2.69. The Bertz CT molecular complexity index is 572. The SMILES string of the molecule is CCn1c2ncccc2c2cccnc21. The largest absolute Gasteiger partial charge is 0.310 e. The average molecular weight is 197 g/mol. The van der Waals surface area contributed by atoms with Gasteiger partial charge in [0.2, 0.25) is 0 Å². The van der Waals surface area contributed by atoms with E-state index in [1.807, 2.05) is 24.5 Å². The Morgan fingerprint density at radius 3 is 2.00 bits per heavy atom. The lowest BCUT2D eigenvalue weighted by Gasteiger charge is -1.99. The number of hydrogen-bond donors (Lipinski definition) is 0. The number of nitrogens with zero attached hydrogens (tertiary/aromatic N) is 3. The van der Waals surface area contributed by atoms with E-state index in [0.29, 0.717) is 0 Å². The standard InChI is InChI=1S/C12H11N3/c1-2-15-11-9(5-3-7-13-11)10-6-4-8-14-12(10)15/h3-8H,2H2,1H3. The highest BCUT2D eigenvalue weighted by atomic mass is 15.1. The van der Waals surface area contributed by atoms with Crippen molar-refractivity contribution in [2.75, 3.05) is 0 Å². The predicted molar refractivity (Wildman–Crippen MR) is 60.7 cm³/mol. The molecule has 3 aromatic heterocycles. The quantitative estimate of drug-likeness (QED) is 0.600. The third-order valence-corrected chi connectivity index (χ3v) is 2.69. The first-order chi connectivity index (χ1) is 7.42. The van der Waals surface area contributed by atoms with Gasteiger partial charge in [-0.15, -0.1) is 0 Å². The molecule has 0 N–H and O–H groups in total. The molecule has 0 amide bonds. The molecule has 0 fully saturated rings. The lowest BCUT2D eigenvalue weighted by atomic mass is 10.2. The van der Waals surface area contributed by atoms with Gasteiger partial charge in [-0.25, -0.2) is 9.97 Å². The average Bonchev–Trinajstić information content (AvgIpc) is 2.63. The lowest BCUT2D eigenvalue weighted by Crippen LogP contribution is -1.95. The van der Waals surface area contributed by atoms with Crippen molar-refractivity contribution in [3.8, 4) is 0 Å². The van der Waals surface area contributed by atoms with Crippen molar-refractivity contribution in [3.63, 3.8) is 0 Å². The molecule has 0 atom stereocenters. The Labute approximate surface area is 87.4 Å². The van der Waals surface area contributed by atoms with Gasteiger partial charge in [-0.05, 0) is 31.2 Å². The van der Waals surface area contributed by atoms with Crippen LogP contribution in [0.5, 0.6) is 0 Å². The predicted octanol–water partition coefficient (Wildman–Crippen LogP) is 2.60. The van der Waals surface area contributed by atoms with Crippen molar-refractivity contribution in [2.24, 2.45) is 0 Å². The van der Waals surface area contributed by atoms with E-state index >= 15 is 0 Å². The topological polar surface area (TPSA) is 30.7 Å². The monoisotopic (exact) mass is 197 g/mol. The maximum absolute atomic E-state index is 4.41. The summed E-state index contributed by atoms with van der Waals surface area (Å²) in [5.74, 6) is 0. The minimum absolute atomic E-state index is 0.897. The molecular formula is C12H11N3. The highest BCUT2D eigenvalue weighted by Crippen LogP contribution is 2.25. The van der Waals surface area contributed by atoms with Crippen LogP contribution in [0.2, 0.25) is 0 Å². The zero-order valence-corrected chi connectivity index (χ0v) is 8.51. The van der Waals surface area contributed by atoms with Crippen LogP contribution < -0.4 is 0 Å². The molecule has 3 heterocycles. The van der Waals surface area contributed by atoms with Crippen LogP contribution in [0.4, 0.5) is 0 Å². The van der Waals surface area contributed by atoms with Crippen LogP contribution in [0.25, 0.3) is 22.1 Å². The molecule has 0 spiro atoms. The molecule has 0 aliphatic rings. The molecule has 0 saturated heterocycles. The molecule has 0 unspecified atom stereocenters. The molecule has 0 bridgehead atoms. The van der Waals surface area contributed by atoms with Gasteiger partial charge in [0.05, 0.1) is 0 Å². The number of pyridine rings is 2. The van der Waals surface area contributed by atoms with Gasteiger partial charge in [0.1, 0.15) is 11.3 Å². The van der Waals surface area contributed by atoms with Gasteiger partial charge >= 0.3 is 0 Å². The van der Waals surface area contributed by atoms with Gasteiger partial charge in [0, 0.05) is 29.7 Å². The number of hydrogen-bond acceptors (Lipinski definition) is 2. The number of fused-ring (bicyclic) bond motifs is 3. The molecule has 15 heavy (non-hydrogen) atoms. The van der Waals surface area contributed by atoms with Crippen LogP contribution >= 0.6 is 0 Å². The molecule has 3 heteroatoms. The summed E-state index contributed by atoms with van der Waals surface area (Å²) < 4.78 is 2.14. The van der Waals surface area contributed by atoms with E-state index in [-0.39, 0.29) is 0 Å². The first-order valence-corrected chi connectivity index (χ1v) is 5.09. The Hall–Kier alpha value is -1.90.